The molecule has 1 aromatic carbocycles. The maximum absolute atomic E-state index is 5.74. The maximum Gasteiger partial charge on any atom is 0.119 e. The number of unbranched alkanes of at least 4 members (excludes halogenated alkanes) is 10. The minimum atomic E-state index is 0.861. The molecule has 0 aliphatic rings. The predicted molar refractivity (Wildman–Crippen MR) is 93.1 cm³/mol. The van der Waals surface area contributed by atoms with E-state index in [9.17, 15) is 0 Å². The molecule has 0 radical (unpaired) electrons. The smallest absolute Gasteiger partial charge is 0.119 e. The Morgan fingerprint density at radius 3 is 1.67 bits per heavy atom. The van der Waals surface area contributed by atoms with Gasteiger partial charge in [-0.3, -0.25) is 0 Å². The van der Waals surface area contributed by atoms with Crippen molar-refractivity contribution in [1.82, 2.24) is 0 Å². The van der Waals surface area contributed by atoms with E-state index in [1.165, 1.54) is 76.2 Å². The van der Waals surface area contributed by atoms with Gasteiger partial charge in [0.1, 0.15) is 5.75 Å². The first-order chi connectivity index (χ1) is 10.3. The second-order valence-electron chi connectivity index (χ2n) is 6.20. The molecule has 0 atom stereocenters. The first-order valence-electron chi connectivity index (χ1n) is 9.02. The lowest BCUT2D eigenvalue weighted by molar-refractivity contribution is 0.304. The minimum Gasteiger partial charge on any atom is -0.494 e. The fourth-order valence-corrected chi connectivity index (χ4v) is 2.59. The summed E-state index contributed by atoms with van der Waals surface area (Å²) in [6.07, 6.45) is 15.2. The van der Waals surface area contributed by atoms with E-state index in [4.69, 9.17) is 4.74 Å². The van der Waals surface area contributed by atoms with Crippen LogP contribution in [0.2, 0.25) is 0 Å². The number of rotatable bonds is 13. The lowest BCUT2D eigenvalue weighted by Crippen LogP contribution is -1.97. The van der Waals surface area contributed by atoms with Gasteiger partial charge in [-0.05, 0) is 25.5 Å². The van der Waals surface area contributed by atoms with E-state index < -0.39 is 0 Å². The van der Waals surface area contributed by atoms with Gasteiger partial charge in [-0.15, -0.1) is 0 Å². The second-order valence-corrected chi connectivity index (χ2v) is 6.20. The lowest BCUT2D eigenvalue weighted by Gasteiger charge is -2.06. The van der Waals surface area contributed by atoms with Crippen molar-refractivity contribution in [2.24, 2.45) is 0 Å². The molecule has 0 N–H and O–H groups in total. The zero-order valence-corrected chi connectivity index (χ0v) is 14.2. The van der Waals surface area contributed by atoms with Crippen LogP contribution in [0.25, 0.3) is 0 Å². The van der Waals surface area contributed by atoms with Gasteiger partial charge >= 0.3 is 0 Å². The van der Waals surface area contributed by atoms with Crippen LogP contribution in [0.1, 0.15) is 83.1 Å². The summed E-state index contributed by atoms with van der Waals surface area (Å²) in [5.41, 5.74) is 1.29. The average molecular weight is 290 g/mol. The zero-order valence-electron chi connectivity index (χ0n) is 14.2. The van der Waals surface area contributed by atoms with Crippen LogP contribution in [-0.4, -0.2) is 6.61 Å². The summed E-state index contributed by atoms with van der Waals surface area (Å²) < 4.78 is 5.74. The summed E-state index contributed by atoms with van der Waals surface area (Å²) in [6, 6.07) is 8.34. The molecule has 0 aliphatic heterocycles. The Kier molecular flexibility index (Phi) is 11.0. The van der Waals surface area contributed by atoms with Crippen LogP contribution in [0.5, 0.6) is 5.75 Å². The molecule has 0 aliphatic carbocycles. The van der Waals surface area contributed by atoms with E-state index in [2.05, 4.69) is 38.1 Å². The van der Waals surface area contributed by atoms with E-state index >= 15 is 0 Å². The summed E-state index contributed by atoms with van der Waals surface area (Å²) in [4.78, 5) is 0. The number of ether oxygens (including phenoxy) is 1. The van der Waals surface area contributed by atoms with Crippen molar-refractivity contribution in [3.63, 3.8) is 0 Å². The molecule has 0 spiro atoms. The Labute approximate surface area is 132 Å². The Morgan fingerprint density at radius 2 is 1.14 bits per heavy atom. The van der Waals surface area contributed by atoms with Gasteiger partial charge in [-0.2, -0.15) is 0 Å². The van der Waals surface area contributed by atoms with E-state index in [1.54, 1.807) is 0 Å². The molecule has 1 nitrogen and oxygen atoms in total. The van der Waals surface area contributed by atoms with Gasteiger partial charge in [0, 0.05) is 0 Å². The van der Waals surface area contributed by atoms with E-state index in [-0.39, 0.29) is 0 Å². The molecular formula is C20H34O. The SMILES string of the molecule is CCCCCCCCCCCCCOc1ccc(C)cc1. The monoisotopic (exact) mass is 290 g/mol. The first kappa shape index (κ1) is 18.1. The van der Waals surface area contributed by atoms with Gasteiger partial charge in [0.2, 0.25) is 0 Å². The van der Waals surface area contributed by atoms with E-state index in [0.29, 0.717) is 0 Å². The lowest BCUT2D eigenvalue weighted by atomic mass is 10.1. The largest absolute Gasteiger partial charge is 0.494 e. The summed E-state index contributed by atoms with van der Waals surface area (Å²) in [5, 5.41) is 0. The van der Waals surface area contributed by atoms with Crippen LogP contribution in [0.4, 0.5) is 0 Å². The normalized spacial score (nSPS) is 10.8. The van der Waals surface area contributed by atoms with Gasteiger partial charge < -0.3 is 4.74 Å². The molecule has 0 fully saturated rings. The van der Waals surface area contributed by atoms with Crippen LogP contribution in [0.3, 0.4) is 0 Å². The minimum absolute atomic E-state index is 0.861. The number of aryl methyl sites for hydroxylation is 1. The Hall–Kier alpha value is -0.980. The molecule has 0 saturated heterocycles. The van der Waals surface area contributed by atoms with E-state index in [0.717, 1.165) is 12.4 Å². The third-order valence-electron chi connectivity index (χ3n) is 4.04. The highest BCUT2D eigenvalue weighted by Gasteiger charge is 1.95. The van der Waals surface area contributed by atoms with Gasteiger partial charge in [0.25, 0.3) is 0 Å². The quantitative estimate of drug-likeness (QED) is 0.368. The van der Waals surface area contributed by atoms with Crippen molar-refractivity contribution in [1.29, 1.82) is 0 Å². The second kappa shape index (κ2) is 12.7. The molecule has 120 valence electrons. The van der Waals surface area contributed by atoms with Crippen molar-refractivity contribution in [3.05, 3.63) is 29.8 Å². The van der Waals surface area contributed by atoms with Crippen LogP contribution in [0.15, 0.2) is 24.3 Å². The van der Waals surface area contributed by atoms with Crippen molar-refractivity contribution in [2.75, 3.05) is 6.61 Å². The molecule has 1 aromatic rings. The summed E-state index contributed by atoms with van der Waals surface area (Å²) in [5.74, 6) is 1.01. The number of benzene rings is 1. The number of hydrogen-bond acceptors (Lipinski definition) is 1. The van der Waals surface area contributed by atoms with Crippen LogP contribution in [-0.2, 0) is 0 Å². The molecular weight excluding hydrogens is 256 g/mol. The van der Waals surface area contributed by atoms with Gasteiger partial charge in [0.05, 0.1) is 6.61 Å². The highest BCUT2D eigenvalue weighted by molar-refractivity contribution is 5.26. The Bertz CT molecular complexity index is 328. The topological polar surface area (TPSA) is 9.23 Å². The Balaban J connectivity index is 1.81. The molecule has 0 aromatic heterocycles. The standard InChI is InChI=1S/C20H34O/c1-3-4-5-6-7-8-9-10-11-12-13-18-21-20-16-14-19(2)15-17-20/h14-17H,3-13,18H2,1-2H3. The Morgan fingerprint density at radius 1 is 0.667 bits per heavy atom. The molecule has 21 heavy (non-hydrogen) atoms. The predicted octanol–water partition coefficient (Wildman–Crippen LogP) is 6.68. The van der Waals surface area contributed by atoms with Gasteiger partial charge in [-0.1, -0.05) is 88.8 Å². The molecule has 0 unspecified atom stereocenters. The molecule has 0 heterocycles. The molecule has 0 saturated carbocycles. The fourth-order valence-electron chi connectivity index (χ4n) is 2.59. The zero-order chi connectivity index (χ0) is 15.2. The van der Waals surface area contributed by atoms with Crippen LogP contribution < -0.4 is 4.74 Å². The first-order valence-corrected chi connectivity index (χ1v) is 9.02. The van der Waals surface area contributed by atoms with Crippen molar-refractivity contribution in [3.8, 4) is 5.75 Å². The molecule has 0 amide bonds. The highest BCUT2D eigenvalue weighted by atomic mass is 16.5. The summed E-state index contributed by atoms with van der Waals surface area (Å²) in [7, 11) is 0. The average Bonchev–Trinajstić information content (AvgIpc) is 2.50. The summed E-state index contributed by atoms with van der Waals surface area (Å²) in [6.45, 7) is 5.25. The van der Waals surface area contributed by atoms with Crippen molar-refractivity contribution in [2.45, 2.75) is 84.5 Å². The molecule has 1 heteroatoms. The number of hydrogen-bond donors (Lipinski definition) is 0. The van der Waals surface area contributed by atoms with Crippen molar-refractivity contribution < 1.29 is 4.74 Å². The maximum atomic E-state index is 5.74. The van der Waals surface area contributed by atoms with Gasteiger partial charge in [0.15, 0.2) is 0 Å². The summed E-state index contributed by atoms with van der Waals surface area (Å²) >= 11 is 0. The third-order valence-corrected chi connectivity index (χ3v) is 4.04. The van der Waals surface area contributed by atoms with E-state index in [1.807, 2.05) is 0 Å². The highest BCUT2D eigenvalue weighted by Crippen LogP contribution is 2.13. The fraction of sp³-hybridized carbons (Fsp3) is 0.700. The van der Waals surface area contributed by atoms with Crippen LogP contribution >= 0.6 is 0 Å². The molecule has 1 rings (SSSR count). The van der Waals surface area contributed by atoms with Crippen molar-refractivity contribution >= 4 is 0 Å². The molecule has 0 bridgehead atoms. The van der Waals surface area contributed by atoms with Crippen LogP contribution in [0, 0.1) is 6.92 Å². The van der Waals surface area contributed by atoms with Gasteiger partial charge in [-0.25, -0.2) is 0 Å². The third kappa shape index (κ3) is 10.4.